The normalized spacial score (nSPS) is 10.3. The summed E-state index contributed by atoms with van der Waals surface area (Å²) in [4.78, 5) is 12.5. The fourth-order valence-electron chi connectivity index (χ4n) is 0.867. The molecule has 4 nitrogen and oxygen atoms in total. The van der Waals surface area contributed by atoms with Gasteiger partial charge in [0.25, 0.3) is 0 Å². The smallest absolute Gasteiger partial charge is 0.231 e. The lowest BCUT2D eigenvalue weighted by Gasteiger charge is -2.02. The number of nitrogens with zero attached hydrogens (tertiary/aromatic N) is 3. The van der Waals surface area contributed by atoms with Crippen LogP contribution in [0.3, 0.4) is 0 Å². The van der Waals surface area contributed by atoms with E-state index in [1.54, 1.807) is 30.8 Å². The van der Waals surface area contributed by atoms with Crippen LogP contribution in [0.4, 0.5) is 0 Å². The Morgan fingerprint density at radius 2 is 2.33 bits per heavy atom. The van der Waals surface area contributed by atoms with Crippen molar-refractivity contribution in [2.45, 2.75) is 9.50 Å². The van der Waals surface area contributed by atoms with Crippen LogP contribution < -0.4 is 4.74 Å². The Kier molecular flexibility index (Phi) is 3.55. The Hall–Kier alpha value is -0.660. The largest absolute Gasteiger partial charge is 0.480 e. The van der Waals surface area contributed by atoms with E-state index in [1.165, 1.54) is 11.8 Å². The maximum atomic E-state index is 5.08. The predicted octanol–water partition coefficient (Wildman–Crippen LogP) is 2.86. The van der Waals surface area contributed by atoms with E-state index < -0.39 is 0 Å². The molecular weight excluding hydrogens is 298 g/mol. The lowest BCUT2D eigenvalue weighted by atomic mass is 10.6. The summed E-state index contributed by atoms with van der Waals surface area (Å²) in [5, 5.41) is 2.54. The van der Waals surface area contributed by atoms with Crippen molar-refractivity contribution in [1.29, 1.82) is 0 Å². The molecule has 0 aromatic carbocycles. The molecule has 0 unspecified atom stereocenters. The van der Waals surface area contributed by atoms with Crippen LogP contribution in [0.2, 0.25) is 0 Å². The van der Waals surface area contributed by atoms with Crippen LogP contribution in [0, 0.1) is 0 Å². The molecule has 0 amide bonds. The van der Waals surface area contributed by atoms with Gasteiger partial charge in [-0.15, -0.1) is 11.3 Å². The van der Waals surface area contributed by atoms with Crippen LogP contribution in [0.1, 0.15) is 0 Å². The summed E-state index contributed by atoms with van der Waals surface area (Å²) in [5.41, 5.74) is 0. The summed E-state index contributed by atoms with van der Waals surface area (Å²) in [6, 6.07) is 0. The molecule has 2 aromatic rings. The Morgan fingerprint density at radius 3 is 3.00 bits per heavy atom. The number of halogens is 1. The van der Waals surface area contributed by atoms with E-state index >= 15 is 0 Å². The van der Waals surface area contributed by atoms with Gasteiger partial charge < -0.3 is 4.74 Å². The second-order valence-electron chi connectivity index (χ2n) is 2.41. The lowest BCUT2D eigenvalue weighted by Crippen LogP contribution is -1.92. The van der Waals surface area contributed by atoms with Crippen molar-refractivity contribution in [3.63, 3.8) is 0 Å². The minimum absolute atomic E-state index is 0.532. The minimum atomic E-state index is 0.532. The number of methoxy groups -OCH3 is 1. The van der Waals surface area contributed by atoms with Crippen molar-refractivity contribution in [1.82, 2.24) is 15.0 Å². The van der Waals surface area contributed by atoms with Crippen LogP contribution in [0.5, 0.6) is 5.88 Å². The minimum Gasteiger partial charge on any atom is -0.480 e. The van der Waals surface area contributed by atoms with Gasteiger partial charge in [-0.1, -0.05) is 0 Å². The van der Waals surface area contributed by atoms with Crippen molar-refractivity contribution in [2.24, 2.45) is 0 Å². The van der Waals surface area contributed by atoms with E-state index in [4.69, 9.17) is 4.74 Å². The molecule has 0 aliphatic rings. The van der Waals surface area contributed by atoms with Gasteiger partial charge in [0, 0.05) is 17.8 Å². The third-order valence-electron chi connectivity index (χ3n) is 1.47. The maximum Gasteiger partial charge on any atom is 0.231 e. The zero-order valence-corrected chi connectivity index (χ0v) is 10.9. The van der Waals surface area contributed by atoms with E-state index in [-0.39, 0.29) is 0 Å². The highest BCUT2D eigenvalue weighted by Gasteiger charge is 2.07. The topological polar surface area (TPSA) is 47.9 Å². The average molecular weight is 304 g/mol. The molecule has 0 N–H and O–H groups in total. The Labute approximate surface area is 103 Å². The molecule has 0 bridgehead atoms. The molecule has 7 heteroatoms. The van der Waals surface area contributed by atoms with Crippen LogP contribution in [0.25, 0.3) is 0 Å². The van der Waals surface area contributed by atoms with Crippen LogP contribution in [-0.4, -0.2) is 22.1 Å². The van der Waals surface area contributed by atoms with Crippen molar-refractivity contribution in [3.05, 3.63) is 22.2 Å². The van der Waals surface area contributed by atoms with E-state index in [0.717, 1.165) is 8.81 Å². The highest BCUT2D eigenvalue weighted by atomic mass is 79.9. The Morgan fingerprint density at radius 1 is 1.47 bits per heavy atom. The van der Waals surface area contributed by atoms with Gasteiger partial charge in [0.2, 0.25) is 5.88 Å². The number of rotatable bonds is 3. The molecule has 0 aliphatic carbocycles. The quantitative estimate of drug-likeness (QED) is 0.816. The van der Waals surface area contributed by atoms with Crippen molar-refractivity contribution in [3.8, 4) is 5.88 Å². The van der Waals surface area contributed by atoms with Crippen LogP contribution >= 0.6 is 39.0 Å². The van der Waals surface area contributed by atoms with Crippen LogP contribution in [0.15, 0.2) is 31.7 Å². The van der Waals surface area contributed by atoms with Crippen LogP contribution in [-0.2, 0) is 0 Å². The van der Waals surface area contributed by atoms with Gasteiger partial charge in [-0.3, -0.25) is 0 Å². The lowest BCUT2D eigenvalue weighted by molar-refractivity contribution is 0.389. The monoisotopic (exact) mass is 303 g/mol. The zero-order chi connectivity index (χ0) is 10.7. The first-order chi connectivity index (χ1) is 7.29. The molecule has 0 aliphatic heterocycles. The van der Waals surface area contributed by atoms with Gasteiger partial charge in [-0.05, 0) is 27.7 Å². The van der Waals surface area contributed by atoms with Gasteiger partial charge in [0.05, 0.1) is 11.6 Å². The SMILES string of the molecule is COc1nc(Sc2nccs2)ncc1Br. The van der Waals surface area contributed by atoms with Gasteiger partial charge >= 0.3 is 0 Å². The summed E-state index contributed by atoms with van der Waals surface area (Å²) < 4.78 is 6.74. The standard InChI is InChI=1S/C8H6BrN3OS2/c1-13-6-5(9)4-11-7(12-6)15-8-10-2-3-14-8/h2-4H,1H3. The van der Waals surface area contributed by atoms with Crippen molar-refractivity contribution in [2.75, 3.05) is 7.11 Å². The molecule has 0 spiro atoms. The van der Waals surface area contributed by atoms with Gasteiger partial charge in [-0.2, -0.15) is 4.98 Å². The number of hydrogen-bond acceptors (Lipinski definition) is 6. The maximum absolute atomic E-state index is 5.08. The fraction of sp³-hybridized carbons (Fsp3) is 0.125. The average Bonchev–Trinajstić information content (AvgIpc) is 2.73. The van der Waals surface area contributed by atoms with E-state index in [2.05, 4.69) is 30.9 Å². The van der Waals surface area contributed by atoms with Gasteiger partial charge in [0.1, 0.15) is 0 Å². The molecular formula is C8H6BrN3OS2. The summed E-state index contributed by atoms with van der Waals surface area (Å²) in [5.74, 6) is 0.532. The molecule has 2 aromatic heterocycles. The third-order valence-corrected chi connectivity index (χ3v) is 3.78. The first-order valence-electron chi connectivity index (χ1n) is 3.93. The summed E-state index contributed by atoms with van der Waals surface area (Å²) in [6.45, 7) is 0. The summed E-state index contributed by atoms with van der Waals surface area (Å²) >= 11 is 6.27. The number of thiazole rings is 1. The highest BCUT2D eigenvalue weighted by molar-refractivity contribution is 9.10. The Bertz CT molecular complexity index is 449. The summed E-state index contributed by atoms with van der Waals surface area (Å²) in [7, 11) is 1.57. The highest BCUT2D eigenvalue weighted by Crippen LogP contribution is 2.29. The zero-order valence-electron chi connectivity index (χ0n) is 7.68. The van der Waals surface area contributed by atoms with Gasteiger partial charge in [0.15, 0.2) is 9.50 Å². The van der Waals surface area contributed by atoms with Crippen molar-refractivity contribution < 1.29 is 4.74 Å². The second kappa shape index (κ2) is 4.91. The second-order valence-corrected chi connectivity index (χ2v) is 5.37. The first-order valence-corrected chi connectivity index (χ1v) is 6.42. The molecule has 2 heterocycles. The molecule has 2 rings (SSSR count). The van der Waals surface area contributed by atoms with E-state index in [9.17, 15) is 0 Å². The molecule has 0 saturated heterocycles. The summed E-state index contributed by atoms with van der Waals surface area (Å²) in [6.07, 6.45) is 3.42. The number of hydrogen-bond donors (Lipinski definition) is 0. The van der Waals surface area contributed by atoms with Crippen molar-refractivity contribution >= 4 is 39.0 Å². The fourth-order valence-corrected chi connectivity index (χ4v) is 2.67. The number of aromatic nitrogens is 3. The molecule has 78 valence electrons. The predicted molar refractivity (Wildman–Crippen MR) is 62.5 cm³/mol. The third kappa shape index (κ3) is 2.67. The Balaban J connectivity index is 2.22. The van der Waals surface area contributed by atoms with E-state index in [1.807, 2.05) is 5.38 Å². The number of ether oxygens (including phenoxy) is 1. The molecule has 0 radical (unpaired) electrons. The molecule has 0 fully saturated rings. The molecule has 15 heavy (non-hydrogen) atoms. The molecule has 0 atom stereocenters. The van der Waals surface area contributed by atoms with Gasteiger partial charge in [-0.25, -0.2) is 9.97 Å². The van der Waals surface area contributed by atoms with E-state index in [0.29, 0.717) is 11.0 Å². The first kappa shape index (κ1) is 10.8. The molecule has 0 saturated carbocycles.